The third-order valence-corrected chi connectivity index (χ3v) is 17.6. The Bertz CT molecular complexity index is 1700. The summed E-state index contributed by atoms with van der Waals surface area (Å²) < 4.78 is 68.0. The Hall–Kier alpha value is -1.94. The second-order valence-corrected chi connectivity index (χ2v) is 28.3. The molecule has 0 rings (SSSR count). The summed E-state index contributed by atoms with van der Waals surface area (Å²) in [5.74, 6) is 0.0832. The number of carbonyl (C=O) groups is 4. The minimum absolute atomic E-state index is 0.102. The van der Waals surface area contributed by atoms with Crippen molar-refractivity contribution in [3.05, 3.63) is 0 Å². The van der Waals surface area contributed by atoms with Crippen LogP contribution in [0, 0.1) is 17.8 Å². The summed E-state index contributed by atoms with van der Waals surface area (Å²) in [5.41, 5.74) is 0. The van der Waals surface area contributed by atoms with Crippen LogP contribution in [0.25, 0.3) is 0 Å². The molecule has 3 N–H and O–H groups in total. The lowest BCUT2D eigenvalue weighted by Gasteiger charge is -2.21. The van der Waals surface area contributed by atoms with Crippen molar-refractivity contribution in [3.63, 3.8) is 0 Å². The van der Waals surface area contributed by atoms with Gasteiger partial charge in [-0.25, -0.2) is 9.13 Å². The minimum atomic E-state index is -4.95. The second kappa shape index (κ2) is 58.2. The Balaban J connectivity index is 5.19. The molecule has 6 atom stereocenters. The zero-order valence-electron chi connectivity index (χ0n) is 55.8. The molecular weight excluding hydrogens is 1140 g/mol. The highest BCUT2D eigenvalue weighted by molar-refractivity contribution is 7.47. The number of aliphatic hydroxyl groups is 1. The van der Waals surface area contributed by atoms with Gasteiger partial charge in [-0.2, -0.15) is 0 Å². The van der Waals surface area contributed by atoms with E-state index in [9.17, 15) is 43.2 Å². The summed E-state index contributed by atoms with van der Waals surface area (Å²) in [6.07, 6.45) is 40.6. The molecule has 0 aromatic carbocycles. The fraction of sp³-hybridized carbons (Fsp3) is 0.940. The molecule has 0 aliphatic heterocycles. The van der Waals surface area contributed by atoms with Gasteiger partial charge in [0.15, 0.2) is 12.2 Å². The highest BCUT2D eigenvalue weighted by atomic mass is 31.2. The third kappa shape index (κ3) is 59.7. The maximum absolute atomic E-state index is 13.0. The van der Waals surface area contributed by atoms with Crippen molar-refractivity contribution in [2.45, 2.75) is 349 Å². The van der Waals surface area contributed by atoms with Gasteiger partial charge >= 0.3 is 39.5 Å². The first kappa shape index (κ1) is 84.1. The van der Waals surface area contributed by atoms with Gasteiger partial charge in [-0.3, -0.25) is 37.3 Å². The molecule has 86 heavy (non-hydrogen) atoms. The predicted molar refractivity (Wildman–Crippen MR) is 344 cm³/mol. The van der Waals surface area contributed by atoms with E-state index in [1.807, 2.05) is 0 Å². The summed E-state index contributed by atoms with van der Waals surface area (Å²) in [4.78, 5) is 72.2. The SMILES string of the molecule is CCCCCCCCCCCC(=O)OC[C@H](COP(=O)(O)OC[C@H](O)COP(=O)(O)OC[C@@H](COC(=O)CCCCCCCCCC(C)C)OC(=O)CCCCCCCCCCCCCCCCC(C)CC)OC(=O)CCCCCCCCC(C)C. The average molecular weight is 1270 g/mol. The summed E-state index contributed by atoms with van der Waals surface area (Å²) in [5, 5.41) is 10.5. The first-order chi connectivity index (χ1) is 41.3. The van der Waals surface area contributed by atoms with Crippen LogP contribution in [-0.2, 0) is 65.4 Å². The van der Waals surface area contributed by atoms with E-state index < -0.39 is 97.5 Å². The number of carbonyl (C=O) groups excluding carboxylic acids is 4. The molecule has 0 aliphatic rings. The molecule has 0 aromatic heterocycles. The molecule has 0 amide bonds. The number of rotatable bonds is 65. The Kier molecular flexibility index (Phi) is 56.9. The van der Waals surface area contributed by atoms with Gasteiger partial charge in [0.25, 0.3) is 0 Å². The van der Waals surface area contributed by atoms with E-state index in [0.717, 1.165) is 102 Å². The van der Waals surface area contributed by atoms with Crippen LogP contribution >= 0.6 is 15.6 Å². The molecule has 0 saturated heterocycles. The van der Waals surface area contributed by atoms with Gasteiger partial charge in [-0.05, 0) is 43.4 Å². The molecule has 0 spiro atoms. The number of phosphoric ester groups is 2. The predicted octanol–water partition coefficient (Wildman–Crippen LogP) is 18.7. The first-order valence-corrected chi connectivity index (χ1v) is 37.9. The molecule has 0 bridgehead atoms. The first-order valence-electron chi connectivity index (χ1n) is 34.9. The lowest BCUT2D eigenvalue weighted by Crippen LogP contribution is -2.30. The number of phosphoric acid groups is 2. The van der Waals surface area contributed by atoms with Crippen LogP contribution in [0.15, 0.2) is 0 Å². The van der Waals surface area contributed by atoms with Crippen molar-refractivity contribution in [1.29, 1.82) is 0 Å². The molecular formula is C67H130O17P2. The maximum Gasteiger partial charge on any atom is 0.472 e. The molecule has 0 saturated carbocycles. The Labute approximate surface area is 524 Å². The van der Waals surface area contributed by atoms with E-state index in [-0.39, 0.29) is 25.7 Å². The van der Waals surface area contributed by atoms with Crippen LogP contribution in [0.3, 0.4) is 0 Å². The Morgan fingerprint density at radius 1 is 0.337 bits per heavy atom. The number of hydrogen-bond donors (Lipinski definition) is 3. The lowest BCUT2D eigenvalue weighted by molar-refractivity contribution is -0.161. The molecule has 0 aromatic rings. The van der Waals surface area contributed by atoms with Gasteiger partial charge in [0, 0.05) is 25.7 Å². The van der Waals surface area contributed by atoms with E-state index >= 15 is 0 Å². The van der Waals surface area contributed by atoms with E-state index in [0.29, 0.717) is 37.5 Å². The number of ether oxygens (including phenoxy) is 4. The van der Waals surface area contributed by atoms with Crippen LogP contribution < -0.4 is 0 Å². The highest BCUT2D eigenvalue weighted by Crippen LogP contribution is 2.45. The molecule has 0 heterocycles. The lowest BCUT2D eigenvalue weighted by atomic mass is 9.99. The van der Waals surface area contributed by atoms with Crippen LogP contribution in [0.2, 0.25) is 0 Å². The van der Waals surface area contributed by atoms with Crippen molar-refractivity contribution in [1.82, 2.24) is 0 Å². The topological polar surface area (TPSA) is 237 Å². The van der Waals surface area contributed by atoms with E-state index in [1.165, 1.54) is 135 Å². The van der Waals surface area contributed by atoms with Gasteiger partial charge in [0.1, 0.15) is 19.3 Å². The van der Waals surface area contributed by atoms with Crippen LogP contribution in [0.5, 0.6) is 0 Å². The largest absolute Gasteiger partial charge is 0.472 e. The molecule has 0 radical (unpaired) electrons. The summed E-state index contributed by atoms with van der Waals surface area (Å²) in [6, 6.07) is 0. The van der Waals surface area contributed by atoms with Crippen molar-refractivity contribution in [2.75, 3.05) is 39.6 Å². The number of esters is 4. The standard InChI is InChI=1S/C67H130O17P2/c1-8-10-11-12-13-20-26-34-41-48-64(69)77-55-63(84-67(72)51-44-37-30-29-32-39-46-59(5)6)57-82-86(75,76)80-53-61(68)52-79-85(73,74)81-56-62(54-78-65(70)49-42-35-28-23-24-31-38-45-58(3)4)83-66(71)50-43-36-27-22-19-17-15-14-16-18-21-25-33-40-47-60(7)9-2/h58-63,68H,8-57H2,1-7H3,(H,73,74)(H,75,76)/t60?,61-,62-,63-/m1/s1. The third-order valence-electron chi connectivity index (χ3n) is 15.7. The number of aliphatic hydroxyl groups excluding tert-OH is 1. The number of unbranched alkanes of at least 4 members (excludes halogenated alkanes) is 32. The molecule has 0 aliphatic carbocycles. The monoisotopic (exact) mass is 1270 g/mol. The smallest absolute Gasteiger partial charge is 0.462 e. The quantitative estimate of drug-likeness (QED) is 0.0222. The van der Waals surface area contributed by atoms with Gasteiger partial charge in [-0.1, -0.05) is 280 Å². The fourth-order valence-electron chi connectivity index (χ4n) is 9.98. The molecule has 510 valence electrons. The van der Waals surface area contributed by atoms with Crippen molar-refractivity contribution in [3.8, 4) is 0 Å². The normalized spacial score (nSPS) is 14.6. The van der Waals surface area contributed by atoms with Crippen molar-refractivity contribution < 1.29 is 80.2 Å². The van der Waals surface area contributed by atoms with E-state index in [4.69, 9.17) is 37.0 Å². The molecule has 17 nitrogen and oxygen atoms in total. The van der Waals surface area contributed by atoms with Gasteiger partial charge in [-0.15, -0.1) is 0 Å². The summed E-state index contributed by atoms with van der Waals surface area (Å²) in [7, 11) is -9.89. The van der Waals surface area contributed by atoms with Crippen LogP contribution in [-0.4, -0.2) is 96.7 Å². The fourth-order valence-corrected chi connectivity index (χ4v) is 11.6. The summed E-state index contributed by atoms with van der Waals surface area (Å²) >= 11 is 0. The molecule has 0 fully saturated rings. The van der Waals surface area contributed by atoms with Crippen molar-refractivity contribution in [2.24, 2.45) is 17.8 Å². The highest BCUT2D eigenvalue weighted by Gasteiger charge is 2.30. The van der Waals surface area contributed by atoms with Crippen molar-refractivity contribution >= 4 is 39.5 Å². The van der Waals surface area contributed by atoms with Gasteiger partial charge < -0.3 is 33.8 Å². The average Bonchev–Trinajstić information content (AvgIpc) is 3.59. The molecule has 3 unspecified atom stereocenters. The van der Waals surface area contributed by atoms with E-state index in [1.54, 1.807) is 0 Å². The van der Waals surface area contributed by atoms with Gasteiger partial charge in [0.05, 0.1) is 26.4 Å². The summed E-state index contributed by atoms with van der Waals surface area (Å²) in [6.45, 7) is 11.7. The van der Waals surface area contributed by atoms with Crippen LogP contribution in [0.4, 0.5) is 0 Å². The van der Waals surface area contributed by atoms with Crippen LogP contribution in [0.1, 0.15) is 331 Å². The Morgan fingerprint density at radius 3 is 0.884 bits per heavy atom. The second-order valence-electron chi connectivity index (χ2n) is 25.4. The minimum Gasteiger partial charge on any atom is -0.462 e. The zero-order chi connectivity index (χ0) is 63.8. The number of hydrogen-bond acceptors (Lipinski definition) is 15. The maximum atomic E-state index is 13.0. The Morgan fingerprint density at radius 2 is 0.593 bits per heavy atom. The van der Waals surface area contributed by atoms with Gasteiger partial charge in [0.2, 0.25) is 0 Å². The zero-order valence-corrected chi connectivity index (χ0v) is 57.6. The molecule has 19 heteroatoms. The van der Waals surface area contributed by atoms with E-state index in [2.05, 4.69) is 48.5 Å².